The van der Waals surface area contributed by atoms with E-state index in [4.69, 9.17) is 9.15 Å². The molecule has 3 aliphatic rings. The zero-order valence-electron chi connectivity index (χ0n) is 13.4. The lowest BCUT2D eigenvalue weighted by molar-refractivity contribution is 0.0599. The molecule has 1 aromatic carbocycles. The minimum absolute atomic E-state index is 0.0841. The lowest BCUT2D eigenvalue weighted by atomic mass is 9.84. The highest BCUT2D eigenvalue weighted by atomic mass is 19.1. The normalized spacial score (nSPS) is 25.0. The molecule has 1 amide bonds. The molecule has 132 valence electrons. The predicted octanol–water partition coefficient (Wildman–Crippen LogP) is 2.57. The molecule has 3 fully saturated rings. The summed E-state index contributed by atoms with van der Waals surface area (Å²) in [6, 6.07) is 2.99. The Bertz CT molecular complexity index is 787. The average molecular weight is 349 g/mol. The number of nitrogens with zero attached hydrogens (tertiary/aromatic N) is 2. The second-order valence-electron chi connectivity index (χ2n) is 6.38. The van der Waals surface area contributed by atoms with E-state index in [9.17, 15) is 13.6 Å². The van der Waals surface area contributed by atoms with Gasteiger partial charge in [-0.1, -0.05) is 0 Å². The number of ether oxygens (including phenoxy) is 1. The van der Waals surface area contributed by atoms with Crippen molar-refractivity contribution in [2.45, 2.75) is 18.9 Å². The predicted molar refractivity (Wildman–Crippen MR) is 83.4 cm³/mol. The summed E-state index contributed by atoms with van der Waals surface area (Å²) in [5.41, 5.74) is 0. The van der Waals surface area contributed by atoms with Crippen LogP contribution in [0.4, 0.5) is 8.78 Å². The average Bonchev–Trinajstić information content (AvgIpc) is 3.07. The summed E-state index contributed by atoms with van der Waals surface area (Å²) in [4.78, 5) is 18.5. The maximum absolute atomic E-state index is 13.6. The number of rotatable bonds is 4. The van der Waals surface area contributed by atoms with Gasteiger partial charge in [0, 0.05) is 18.7 Å². The molecule has 0 radical (unpaired) electrons. The first-order valence-electron chi connectivity index (χ1n) is 8.20. The van der Waals surface area contributed by atoms with Crippen molar-refractivity contribution in [2.24, 2.45) is 5.92 Å². The third kappa shape index (κ3) is 3.34. The Hall–Kier alpha value is -2.48. The van der Waals surface area contributed by atoms with Gasteiger partial charge in [0.15, 0.2) is 11.6 Å². The number of hydrogen-bond acceptors (Lipinski definition) is 5. The van der Waals surface area contributed by atoms with Gasteiger partial charge >= 0.3 is 11.9 Å². The van der Waals surface area contributed by atoms with Gasteiger partial charge in [-0.3, -0.25) is 4.79 Å². The lowest BCUT2D eigenvalue weighted by Crippen LogP contribution is -2.57. The van der Waals surface area contributed by atoms with Crippen LogP contribution in [0.5, 0.6) is 11.7 Å². The van der Waals surface area contributed by atoms with E-state index in [2.05, 4.69) is 15.2 Å². The number of hydrogen-bond donors (Lipinski definition) is 1. The molecule has 3 aliphatic heterocycles. The van der Waals surface area contributed by atoms with Crippen LogP contribution in [-0.2, 0) is 0 Å². The van der Waals surface area contributed by atoms with E-state index < -0.39 is 17.5 Å². The molecule has 0 spiro atoms. The summed E-state index contributed by atoms with van der Waals surface area (Å²) in [7, 11) is 0. The molecule has 2 aromatic rings. The molecule has 25 heavy (non-hydrogen) atoms. The van der Waals surface area contributed by atoms with Crippen molar-refractivity contribution >= 4 is 5.91 Å². The molecule has 1 aromatic heterocycles. The summed E-state index contributed by atoms with van der Waals surface area (Å²) in [6.07, 6.45) is 3.34. The minimum atomic E-state index is -0.866. The van der Waals surface area contributed by atoms with Crippen molar-refractivity contribution in [3.63, 3.8) is 0 Å². The molecule has 3 saturated heterocycles. The van der Waals surface area contributed by atoms with E-state index in [1.165, 1.54) is 6.20 Å². The Balaban J connectivity index is 1.41. The number of amides is 1. The maximum atomic E-state index is 13.6. The Kier molecular flexibility index (Phi) is 4.12. The Morgan fingerprint density at radius 3 is 2.80 bits per heavy atom. The van der Waals surface area contributed by atoms with Gasteiger partial charge < -0.3 is 19.4 Å². The third-order valence-corrected chi connectivity index (χ3v) is 4.76. The third-order valence-electron chi connectivity index (χ3n) is 4.76. The molecule has 0 saturated carbocycles. The molecule has 6 nitrogen and oxygen atoms in total. The van der Waals surface area contributed by atoms with Crippen LogP contribution in [0.25, 0.3) is 0 Å². The molecule has 8 heteroatoms. The van der Waals surface area contributed by atoms with Gasteiger partial charge in [-0.05, 0) is 44.0 Å². The van der Waals surface area contributed by atoms with Crippen molar-refractivity contribution in [3.8, 4) is 11.7 Å². The number of piperidine rings is 3. The fourth-order valence-corrected chi connectivity index (χ4v) is 3.44. The number of carbonyl (C=O) groups excluding carboxylic acids is 1. The first-order valence-corrected chi connectivity index (χ1v) is 8.20. The van der Waals surface area contributed by atoms with Crippen LogP contribution in [0, 0.1) is 17.6 Å². The summed E-state index contributed by atoms with van der Waals surface area (Å²) >= 11 is 0. The molecular weight excluding hydrogens is 332 g/mol. The van der Waals surface area contributed by atoms with Gasteiger partial charge in [-0.15, -0.1) is 0 Å². The van der Waals surface area contributed by atoms with Crippen LogP contribution in [0.3, 0.4) is 0 Å². The SMILES string of the molecule is O=C(N[C@H]1CN2CCC1CC2)c1ncc(Oc2ccc(F)cc2F)o1. The number of fused-ring (bicyclic) bond motifs is 3. The topological polar surface area (TPSA) is 67.6 Å². The molecular formula is C17H17F2N3O3. The Labute approximate surface area is 142 Å². The number of benzene rings is 1. The summed E-state index contributed by atoms with van der Waals surface area (Å²) in [5, 5.41) is 2.95. The molecule has 5 rings (SSSR count). The quantitative estimate of drug-likeness (QED) is 0.919. The van der Waals surface area contributed by atoms with Crippen LogP contribution in [-0.4, -0.2) is 41.5 Å². The molecule has 0 unspecified atom stereocenters. The van der Waals surface area contributed by atoms with E-state index >= 15 is 0 Å². The largest absolute Gasteiger partial charge is 0.422 e. The monoisotopic (exact) mass is 349 g/mol. The van der Waals surface area contributed by atoms with E-state index in [1.54, 1.807) is 0 Å². The van der Waals surface area contributed by atoms with E-state index in [-0.39, 0.29) is 23.6 Å². The van der Waals surface area contributed by atoms with Gasteiger partial charge in [0.2, 0.25) is 0 Å². The van der Waals surface area contributed by atoms with Gasteiger partial charge in [0.25, 0.3) is 5.89 Å². The first kappa shape index (κ1) is 16.0. The molecule has 1 atom stereocenters. The lowest BCUT2D eigenvalue weighted by Gasteiger charge is -2.44. The fourth-order valence-electron chi connectivity index (χ4n) is 3.44. The van der Waals surface area contributed by atoms with E-state index in [0.717, 1.165) is 44.6 Å². The maximum Gasteiger partial charge on any atom is 0.311 e. The summed E-state index contributed by atoms with van der Waals surface area (Å²) < 4.78 is 36.9. The van der Waals surface area contributed by atoms with Crippen LogP contribution in [0.2, 0.25) is 0 Å². The van der Waals surface area contributed by atoms with Crippen LogP contribution in [0.15, 0.2) is 28.8 Å². The fraction of sp³-hybridized carbons (Fsp3) is 0.412. The zero-order valence-corrected chi connectivity index (χ0v) is 13.4. The molecule has 1 N–H and O–H groups in total. The second kappa shape index (κ2) is 6.44. The van der Waals surface area contributed by atoms with E-state index in [1.807, 2.05) is 0 Å². The minimum Gasteiger partial charge on any atom is -0.422 e. The van der Waals surface area contributed by atoms with Crippen molar-refractivity contribution in [2.75, 3.05) is 19.6 Å². The van der Waals surface area contributed by atoms with Crippen molar-refractivity contribution in [3.05, 3.63) is 41.9 Å². The summed E-state index contributed by atoms with van der Waals surface area (Å²) in [5.74, 6) is -2.00. The van der Waals surface area contributed by atoms with Crippen molar-refractivity contribution < 1.29 is 22.7 Å². The van der Waals surface area contributed by atoms with Gasteiger partial charge in [0.05, 0.1) is 0 Å². The summed E-state index contributed by atoms with van der Waals surface area (Å²) in [6.45, 7) is 3.00. The first-order chi connectivity index (χ1) is 12.1. The zero-order chi connectivity index (χ0) is 17.4. The highest BCUT2D eigenvalue weighted by Gasteiger charge is 2.35. The van der Waals surface area contributed by atoms with Gasteiger partial charge in [0.1, 0.15) is 12.0 Å². The van der Waals surface area contributed by atoms with Crippen LogP contribution in [0.1, 0.15) is 23.5 Å². The Morgan fingerprint density at radius 2 is 2.12 bits per heavy atom. The number of nitrogens with one attached hydrogen (secondary N) is 1. The van der Waals surface area contributed by atoms with Crippen molar-refractivity contribution in [1.82, 2.24) is 15.2 Å². The van der Waals surface area contributed by atoms with E-state index in [0.29, 0.717) is 12.0 Å². The number of carbonyl (C=O) groups is 1. The molecule has 0 aliphatic carbocycles. The van der Waals surface area contributed by atoms with Crippen LogP contribution >= 0.6 is 0 Å². The highest BCUT2D eigenvalue weighted by Crippen LogP contribution is 2.28. The number of halogens is 2. The molecule has 2 bridgehead atoms. The Morgan fingerprint density at radius 1 is 1.32 bits per heavy atom. The van der Waals surface area contributed by atoms with Gasteiger partial charge in [-0.2, -0.15) is 0 Å². The standard InChI is InChI=1S/C17H17F2N3O3/c18-11-1-2-14(12(19)7-11)24-15-8-20-17(25-15)16(23)21-13-9-22-5-3-10(13)4-6-22/h1-2,7-8,10,13H,3-6,9H2,(H,21,23)/t13-/m0/s1. The van der Waals surface area contributed by atoms with Gasteiger partial charge in [-0.25, -0.2) is 13.8 Å². The second-order valence-corrected chi connectivity index (χ2v) is 6.38. The number of oxazole rings is 1. The highest BCUT2D eigenvalue weighted by molar-refractivity contribution is 5.89. The molecule has 4 heterocycles. The van der Waals surface area contributed by atoms with Crippen LogP contribution < -0.4 is 10.1 Å². The smallest absolute Gasteiger partial charge is 0.311 e. The van der Waals surface area contributed by atoms with Crippen molar-refractivity contribution in [1.29, 1.82) is 0 Å². The number of aromatic nitrogens is 1.